The highest BCUT2D eigenvalue weighted by molar-refractivity contribution is 5.71. The van der Waals surface area contributed by atoms with E-state index < -0.39 is 0 Å². The van der Waals surface area contributed by atoms with Crippen molar-refractivity contribution in [2.75, 3.05) is 32.8 Å². The lowest BCUT2D eigenvalue weighted by molar-refractivity contribution is -0.144. The van der Waals surface area contributed by atoms with E-state index in [0.29, 0.717) is 26.3 Å². The molecule has 0 heterocycles. The number of rotatable bonds is 8. The van der Waals surface area contributed by atoms with Gasteiger partial charge in [-0.25, -0.2) is 0 Å². The number of ether oxygens (including phenoxy) is 2. The molecule has 0 radical (unpaired) electrons. The van der Waals surface area contributed by atoms with Gasteiger partial charge < -0.3 is 9.47 Å². The van der Waals surface area contributed by atoms with E-state index >= 15 is 0 Å². The molecule has 19 heavy (non-hydrogen) atoms. The van der Waals surface area contributed by atoms with Crippen molar-refractivity contribution >= 4 is 5.97 Å². The minimum Gasteiger partial charge on any atom is -0.492 e. The Morgan fingerprint density at radius 2 is 2.00 bits per heavy atom. The zero-order chi connectivity index (χ0) is 14.1. The van der Waals surface area contributed by atoms with Crippen LogP contribution in [0.3, 0.4) is 0 Å². The van der Waals surface area contributed by atoms with Crippen LogP contribution in [0.5, 0.6) is 5.75 Å². The molecule has 0 aliphatic rings. The smallest absolute Gasteiger partial charge is 0.320 e. The lowest BCUT2D eigenvalue weighted by Crippen LogP contribution is -2.34. The minimum absolute atomic E-state index is 0.180. The van der Waals surface area contributed by atoms with Crippen molar-refractivity contribution in [1.29, 1.82) is 0 Å². The Bertz CT molecular complexity index is 393. The molecule has 0 atom stereocenters. The van der Waals surface area contributed by atoms with Gasteiger partial charge in [-0.1, -0.05) is 25.1 Å². The van der Waals surface area contributed by atoms with E-state index in [-0.39, 0.29) is 5.97 Å². The largest absolute Gasteiger partial charge is 0.492 e. The van der Waals surface area contributed by atoms with Gasteiger partial charge in [-0.05, 0) is 32.0 Å². The summed E-state index contributed by atoms with van der Waals surface area (Å²) in [6.45, 7) is 8.68. The predicted molar refractivity (Wildman–Crippen MR) is 75.4 cm³/mol. The van der Waals surface area contributed by atoms with E-state index in [1.807, 2.05) is 49.9 Å². The lowest BCUT2D eigenvalue weighted by atomic mass is 10.2. The molecule has 0 unspecified atom stereocenters. The fourth-order valence-electron chi connectivity index (χ4n) is 1.74. The standard InChI is InChI=1S/C15H23NO3/c1-4-16(12-15(17)18-5-2)10-11-19-14-9-7-6-8-13(14)3/h6-9H,4-5,10-12H2,1-3H3. The van der Waals surface area contributed by atoms with Crippen molar-refractivity contribution < 1.29 is 14.3 Å². The van der Waals surface area contributed by atoms with E-state index in [1.165, 1.54) is 0 Å². The quantitative estimate of drug-likeness (QED) is 0.676. The molecule has 4 nitrogen and oxygen atoms in total. The average Bonchev–Trinajstić information content (AvgIpc) is 2.40. The maximum Gasteiger partial charge on any atom is 0.320 e. The van der Waals surface area contributed by atoms with Crippen molar-refractivity contribution in [2.24, 2.45) is 0 Å². The first-order valence-corrected chi connectivity index (χ1v) is 6.73. The second kappa shape index (κ2) is 8.53. The van der Waals surface area contributed by atoms with Crippen LogP contribution in [-0.2, 0) is 9.53 Å². The number of aryl methyl sites for hydroxylation is 1. The average molecular weight is 265 g/mol. The van der Waals surface area contributed by atoms with Crippen LogP contribution in [0.2, 0.25) is 0 Å². The van der Waals surface area contributed by atoms with Gasteiger partial charge in [0.25, 0.3) is 0 Å². The number of hydrogen-bond acceptors (Lipinski definition) is 4. The summed E-state index contributed by atoms with van der Waals surface area (Å²) in [6, 6.07) is 7.92. The summed E-state index contributed by atoms with van der Waals surface area (Å²) in [7, 11) is 0. The molecule has 4 heteroatoms. The number of benzene rings is 1. The molecule has 1 rings (SSSR count). The van der Waals surface area contributed by atoms with Gasteiger partial charge in [0, 0.05) is 6.54 Å². The maximum absolute atomic E-state index is 11.4. The molecule has 1 aromatic carbocycles. The van der Waals surface area contributed by atoms with Crippen molar-refractivity contribution in [3.8, 4) is 5.75 Å². The molecule has 0 aromatic heterocycles. The van der Waals surface area contributed by atoms with Gasteiger partial charge in [-0.2, -0.15) is 0 Å². The highest BCUT2D eigenvalue weighted by atomic mass is 16.5. The summed E-state index contributed by atoms with van der Waals surface area (Å²) in [6.07, 6.45) is 0. The van der Waals surface area contributed by atoms with Crippen LogP contribution in [0.1, 0.15) is 19.4 Å². The monoisotopic (exact) mass is 265 g/mol. The van der Waals surface area contributed by atoms with Crippen LogP contribution >= 0.6 is 0 Å². The molecular formula is C15H23NO3. The number of carbonyl (C=O) groups excluding carboxylic acids is 1. The summed E-state index contributed by atoms with van der Waals surface area (Å²) >= 11 is 0. The van der Waals surface area contributed by atoms with E-state index in [0.717, 1.165) is 17.9 Å². The van der Waals surface area contributed by atoms with E-state index in [9.17, 15) is 4.79 Å². The van der Waals surface area contributed by atoms with Crippen LogP contribution in [0.25, 0.3) is 0 Å². The summed E-state index contributed by atoms with van der Waals surface area (Å²) in [4.78, 5) is 13.4. The highest BCUT2D eigenvalue weighted by Gasteiger charge is 2.09. The zero-order valence-electron chi connectivity index (χ0n) is 12.0. The summed E-state index contributed by atoms with van der Waals surface area (Å²) in [5.41, 5.74) is 1.12. The van der Waals surface area contributed by atoms with Crippen molar-refractivity contribution in [2.45, 2.75) is 20.8 Å². The SMILES string of the molecule is CCOC(=O)CN(CC)CCOc1ccccc1C. The number of hydrogen-bond donors (Lipinski definition) is 0. The van der Waals surface area contributed by atoms with Crippen molar-refractivity contribution in [1.82, 2.24) is 4.90 Å². The molecule has 1 aromatic rings. The topological polar surface area (TPSA) is 38.8 Å². The van der Waals surface area contributed by atoms with Crippen LogP contribution in [0.15, 0.2) is 24.3 Å². The van der Waals surface area contributed by atoms with Gasteiger partial charge in [0.15, 0.2) is 0 Å². The van der Waals surface area contributed by atoms with Gasteiger partial charge in [-0.15, -0.1) is 0 Å². The van der Waals surface area contributed by atoms with Gasteiger partial charge in [0.1, 0.15) is 12.4 Å². The third kappa shape index (κ3) is 5.75. The van der Waals surface area contributed by atoms with Gasteiger partial charge in [-0.3, -0.25) is 9.69 Å². The van der Waals surface area contributed by atoms with Crippen LogP contribution in [0.4, 0.5) is 0 Å². The van der Waals surface area contributed by atoms with Crippen LogP contribution < -0.4 is 4.74 Å². The Balaban J connectivity index is 2.34. The van der Waals surface area contributed by atoms with Crippen LogP contribution in [0, 0.1) is 6.92 Å². The van der Waals surface area contributed by atoms with Crippen molar-refractivity contribution in [3.63, 3.8) is 0 Å². The highest BCUT2D eigenvalue weighted by Crippen LogP contribution is 2.15. The Labute approximate surface area is 115 Å². The van der Waals surface area contributed by atoms with Gasteiger partial charge in [0.05, 0.1) is 13.2 Å². The lowest BCUT2D eigenvalue weighted by Gasteiger charge is -2.19. The van der Waals surface area contributed by atoms with E-state index in [4.69, 9.17) is 9.47 Å². The third-order valence-corrected chi connectivity index (χ3v) is 2.86. The Morgan fingerprint density at radius 1 is 1.26 bits per heavy atom. The summed E-state index contributed by atoms with van der Waals surface area (Å²) in [5, 5.41) is 0. The molecule has 0 aliphatic heterocycles. The molecule has 0 spiro atoms. The number of likely N-dealkylation sites (N-methyl/N-ethyl adjacent to an activating group) is 1. The van der Waals surface area contributed by atoms with Crippen LogP contribution in [-0.4, -0.2) is 43.7 Å². The second-order valence-corrected chi connectivity index (χ2v) is 4.29. The zero-order valence-corrected chi connectivity index (χ0v) is 12.0. The normalized spacial score (nSPS) is 10.5. The maximum atomic E-state index is 11.4. The molecule has 0 saturated carbocycles. The van der Waals surface area contributed by atoms with E-state index in [2.05, 4.69) is 0 Å². The predicted octanol–water partition coefficient (Wildman–Crippen LogP) is 2.26. The third-order valence-electron chi connectivity index (χ3n) is 2.86. The van der Waals surface area contributed by atoms with Gasteiger partial charge >= 0.3 is 5.97 Å². The van der Waals surface area contributed by atoms with Crippen molar-refractivity contribution in [3.05, 3.63) is 29.8 Å². The number of para-hydroxylation sites is 1. The molecular weight excluding hydrogens is 242 g/mol. The molecule has 0 bridgehead atoms. The van der Waals surface area contributed by atoms with E-state index in [1.54, 1.807) is 0 Å². The fourth-order valence-corrected chi connectivity index (χ4v) is 1.74. The molecule has 0 aliphatic carbocycles. The Hall–Kier alpha value is -1.55. The molecule has 106 valence electrons. The van der Waals surface area contributed by atoms with Gasteiger partial charge in [0.2, 0.25) is 0 Å². The first-order chi connectivity index (χ1) is 9.17. The molecule has 0 amide bonds. The summed E-state index contributed by atoms with van der Waals surface area (Å²) in [5.74, 6) is 0.718. The molecule has 0 fully saturated rings. The second-order valence-electron chi connectivity index (χ2n) is 4.29. The number of esters is 1. The minimum atomic E-state index is -0.180. The molecule has 0 N–H and O–H groups in total. The number of nitrogens with zero attached hydrogens (tertiary/aromatic N) is 1. The molecule has 0 saturated heterocycles. The Kier molecular flexibility index (Phi) is 6.97. The first kappa shape index (κ1) is 15.5. The summed E-state index contributed by atoms with van der Waals surface area (Å²) < 4.78 is 10.7. The fraction of sp³-hybridized carbons (Fsp3) is 0.533. The Morgan fingerprint density at radius 3 is 2.63 bits per heavy atom. The first-order valence-electron chi connectivity index (χ1n) is 6.73. The number of carbonyl (C=O) groups is 1.